The minimum atomic E-state index is 0.742. The van der Waals surface area contributed by atoms with Crippen LogP contribution in [0.5, 0.6) is 0 Å². The molecule has 0 bridgehead atoms. The molecular formula is C10H8N4. The zero-order valence-corrected chi connectivity index (χ0v) is 7.46. The Morgan fingerprint density at radius 2 is 2.14 bits per heavy atom. The number of benzene rings is 1. The van der Waals surface area contributed by atoms with Gasteiger partial charge in [0.25, 0.3) is 0 Å². The van der Waals surface area contributed by atoms with Gasteiger partial charge in [-0.15, -0.1) is 0 Å². The smallest absolute Gasteiger partial charge is 0.169 e. The lowest BCUT2D eigenvalue weighted by atomic mass is 10.2. The Kier molecular flexibility index (Phi) is 1.47. The lowest BCUT2D eigenvalue weighted by molar-refractivity contribution is 0.684. The molecule has 1 aromatic carbocycles. The van der Waals surface area contributed by atoms with Crippen molar-refractivity contribution in [2.24, 2.45) is 4.99 Å². The third kappa shape index (κ3) is 1.04. The van der Waals surface area contributed by atoms with Crippen LogP contribution in [0.4, 0.5) is 5.69 Å². The van der Waals surface area contributed by atoms with Crippen molar-refractivity contribution in [2.75, 3.05) is 0 Å². The topological polar surface area (TPSA) is 43.1 Å². The molecule has 4 heteroatoms. The van der Waals surface area contributed by atoms with Crippen molar-refractivity contribution < 1.29 is 0 Å². The van der Waals surface area contributed by atoms with Gasteiger partial charge in [0.1, 0.15) is 6.33 Å². The Morgan fingerprint density at radius 1 is 1.21 bits per heavy atom. The normalized spacial score (nSPS) is 13.1. The first kappa shape index (κ1) is 7.44. The molecule has 14 heavy (non-hydrogen) atoms. The first-order chi connectivity index (χ1) is 6.93. The molecule has 4 nitrogen and oxygen atoms in total. The summed E-state index contributed by atoms with van der Waals surface area (Å²) in [4.78, 5) is 8.45. The van der Waals surface area contributed by atoms with E-state index in [9.17, 15) is 0 Å². The first-order valence-corrected chi connectivity index (χ1v) is 4.43. The van der Waals surface area contributed by atoms with Gasteiger partial charge in [0.2, 0.25) is 0 Å². The summed E-state index contributed by atoms with van der Waals surface area (Å²) >= 11 is 0. The quantitative estimate of drug-likeness (QED) is 0.530. The summed E-state index contributed by atoms with van der Waals surface area (Å²) in [5, 5.41) is 4.13. The number of nitrogens with zero attached hydrogens (tertiary/aromatic N) is 4. The van der Waals surface area contributed by atoms with Crippen molar-refractivity contribution in [3.8, 4) is 0 Å². The van der Waals surface area contributed by atoms with Crippen LogP contribution in [0.15, 0.2) is 35.6 Å². The third-order valence-corrected chi connectivity index (χ3v) is 2.28. The molecule has 68 valence electrons. The number of rotatable bonds is 0. The summed E-state index contributed by atoms with van der Waals surface area (Å²) in [5.41, 5.74) is 2.17. The van der Waals surface area contributed by atoms with Crippen molar-refractivity contribution >= 4 is 11.9 Å². The fourth-order valence-corrected chi connectivity index (χ4v) is 1.55. The third-order valence-electron chi connectivity index (χ3n) is 2.28. The fraction of sp³-hybridized carbons (Fsp3) is 0.100. The van der Waals surface area contributed by atoms with E-state index in [2.05, 4.69) is 21.1 Å². The maximum Gasteiger partial charge on any atom is 0.169 e. The van der Waals surface area contributed by atoms with Gasteiger partial charge in [-0.25, -0.2) is 9.67 Å². The van der Waals surface area contributed by atoms with Crippen LogP contribution in [-0.4, -0.2) is 21.0 Å². The highest BCUT2D eigenvalue weighted by Gasteiger charge is 2.09. The van der Waals surface area contributed by atoms with Crippen molar-refractivity contribution in [1.29, 1.82) is 0 Å². The predicted octanol–water partition coefficient (Wildman–Crippen LogP) is 1.39. The number of fused-ring (bicyclic) bond motifs is 2. The summed E-state index contributed by atoms with van der Waals surface area (Å²) in [6.07, 6.45) is 3.30. The number of para-hydroxylation sites is 1. The van der Waals surface area contributed by atoms with E-state index in [1.54, 1.807) is 12.5 Å². The molecule has 0 amide bonds. The van der Waals surface area contributed by atoms with Crippen molar-refractivity contribution in [2.45, 2.75) is 6.54 Å². The van der Waals surface area contributed by atoms with Gasteiger partial charge >= 0.3 is 0 Å². The molecule has 0 saturated carbocycles. The summed E-state index contributed by atoms with van der Waals surface area (Å²) in [5.74, 6) is 0.807. The molecule has 2 heterocycles. The number of aromatic nitrogens is 3. The standard InChI is InChI=1S/C10H8N4/c1-2-4-9-8(3-1)6-14-10(5-11-9)12-7-13-14/h1-5,7H,6H2. The van der Waals surface area contributed by atoms with Gasteiger partial charge in [0, 0.05) is 0 Å². The highest BCUT2D eigenvalue weighted by atomic mass is 15.3. The summed E-state index contributed by atoms with van der Waals surface area (Å²) in [6.45, 7) is 0.742. The van der Waals surface area contributed by atoms with Gasteiger partial charge in [0.15, 0.2) is 5.82 Å². The largest absolute Gasteiger partial charge is 0.253 e. The van der Waals surface area contributed by atoms with Gasteiger partial charge < -0.3 is 0 Å². The van der Waals surface area contributed by atoms with Crippen LogP contribution < -0.4 is 0 Å². The van der Waals surface area contributed by atoms with Gasteiger partial charge in [-0.1, -0.05) is 18.2 Å². The van der Waals surface area contributed by atoms with Gasteiger partial charge in [0.05, 0.1) is 18.4 Å². The zero-order valence-electron chi connectivity index (χ0n) is 7.46. The lowest BCUT2D eigenvalue weighted by Crippen LogP contribution is -2.04. The van der Waals surface area contributed by atoms with E-state index in [0.717, 1.165) is 18.1 Å². The van der Waals surface area contributed by atoms with Crippen molar-refractivity contribution in [3.63, 3.8) is 0 Å². The number of hydrogen-bond donors (Lipinski definition) is 0. The Bertz CT molecular complexity index is 498. The molecule has 0 saturated heterocycles. The Balaban J connectivity index is 2.19. The van der Waals surface area contributed by atoms with Gasteiger partial charge in [-0.05, 0) is 11.6 Å². The van der Waals surface area contributed by atoms with E-state index in [4.69, 9.17) is 0 Å². The molecule has 0 unspecified atom stereocenters. The van der Waals surface area contributed by atoms with Crippen LogP contribution in [0.25, 0.3) is 0 Å². The summed E-state index contributed by atoms with van der Waals surface area (Å²) in [7, 11) is 0. The number of hydrogen-bond acceptors (Lipinski definition) is 3. The highest BCUT2D eigenvalue weighted by Crippen LogP contribution is 2.21. The maximum atomic E-state index is 4.35. The van der Waals surface area contributed by atoms with Crippen LogP contribution in [0.1, 0.15) is 11.4 Å². The van der Waals surface area contributed by atoms with Crippen LogP contribution in [0.2, 0.25) is 0 Å². The Hall–Kier alpha value is -1.97. The maximum absolute atomic E-state index is 4.35. The lowest BCUT2D eigenvalue weighted by Gasteiger charge is -2.02. The van der Waals surface area contributed by atoms with E-state index >= 15 is 0 Å². The average Bonchev–Trinajstić information content (AvgIpc) is 2.58. The van der Waals surface area contributed by atoms with Gasteiger partial charge in [-0.3, -0.25) is 4.99 Å². The molecular weight excluding hydrogens is 176 g/mol. The zero-order chi connectivity index (χ0) is 9.38. The van der Waals surface area contributed by atoms with E-state index in [-0.39, 0.29) is 0 Å². The molecule has 1 aliphatic rings. The van der Waals surface area contributed by atoms with Crippen LogP contribution in [0.3, 0.4) is 0 Å². The average molecular weight is 184 g/mol. The SMILES string of the molecule is C1=Nc2ccccc2Cn2ncnc21. The van der Waals surface area contributed by atoms with Crippen molar-refractivity contribution in [3.05, 3.63) is 42.0 Å². The molecule has 2 aromatic rings. The highest BCUT2D eigenvalue weighted by molar-refractivity contribution is 5.79. The second-order valence-corrected chi connectivity index (χ2v) is 3.16. The second kappa shape index (κ2) is 2.77. The molecule has 0 N–H and O–H groups in total. The molecule has 1 aromatic heterocycles. The summed E-state index contributed by atoms with van der Waals surface area (Å²) in [6, 6.07) is 8.05. The minimum Gasteiger partial charge on any atom is -0.253 e. The molecule has 0 atom stereocenters. The molecule has 0 spiro atoms. The minimum absolute atomic E-state index is 0.742. The molecule has 0 radical (unpaired) electrons. The van der Waals surface area contributed by atoms with Crippen molar-refractivity contribution in [1.82, 2.24) is 14.8 Å². The van der Waals surface area contributed by atoms with Crippen LogP contribution in [-0.2, 0) is 6.54 Å². The number of aliphatic imine (C=N–C) groups is 1. The van der Waals surface area contributed by atoms with E-state index in [0.29, 0.717) is 0 Å². The molecule has 0 aliphatic carbocycles. The second-order valence-electron chi connectivity index (χ2n) is 3.16. The molecule has 1 aliphatic heterocycles. The first-order valence-electron chi connectivity index (χ1n) is 4.43. The van der Waals surface area contributed by atoms with E-state index < -0.39 is 0 Å². The monoisotopic (exact) mass is 184 g/mol. The fourth-order valence-electron chi connectivity index (χ4n) is 1.55. The van der Waals surface area contributed by atoms with Crippen LogP contribution in [0, 0.1) is 0 Å². The summed E-state index contributed by atoms with van der Waals surface area (Å²) < 4.78 is 1.84. The van der Waals surface area contributed by atoms with E-state index in [1.165, 1.54) is 5.56 Å². The Labute approximate surface area is 80.9 Å². The molecule has 0 fully saturated rings. The van der Waals surface area contributed by atoms with Gasteiger partial charge in [-0.2, -0.15) is 5.10 Å². The van der Waals surface area contributed by atoms with E-state index in [1.807, 2.05) is 22.9 Å². The predicted molar refractivity (Wildman–Crippen MR) is 52.8 cm³/mol. The molecule has 3 rings (SSSR count). The Morgan fingerprint density at radius 3 is 3.14 bits per heavy atom. The van der Waals surface area contributed by atoms with Crippen LogP contribution >= 0.6 is 0 Å².